The van der Waals surface area contributed by atoms with Crippen molar-refractivity contribution in [2.24, 2.45) is 5.73 Å². The Morgan fingerprint density at radius 1 is 1.33 bits per heavy atom. The van der Waals surface area contributed by atoms with Gasteiger partial charge in [0.15, 0.2) is 0 Å². The van der Waals surface area contributed by atoms with E-state index in [1.807, 2.05) is 13.0 Å². The second-order valence-corrected chi connectivity index (χ2v) is 6.21. The molecule has 130 valence electrons. The second kappa shape index (κ2) is 7.32. The number of amides is 1. The molecule has 7 heteroatoms. The van der Waals surface area contributed by atoms with Crippen LogP contribution in [0.4, 0.5) is 0 Å². The molecule has 24 heavy (non-hydrogen) atoms. The van der Waals surface area contributed by atoms with Crippen LogP contribution in [0.3, 0.4) is 0 Å². The van der Waals surface area contributed by atoms with Crippen LogP contribution in [-0.4, -0.2) is 32.9 Å². The maximum Gasteiger partial charge on any atom is 0.258 e. The minimum Gasteiger partial charge on any atom is -0.334 e. The van der Waals surface area contributed by atoms with Crippen LogP contribution in [0, 0.1) is 0 Å². The first-order valence-corrected chi connectivity index (χ1v) is 8.10. The number of aromatic amines is 1. The van der Waals surface area contributed by atoms with E-state index in [-0.39, 0.29) is 30.4 Å². The van der Waals surface area contributed by atoms with Crippen LogP contribution in [-0.2, 0) is 11.3 Å². The third-order valence-corrected chi connectivity index (χ3v) is 4.59. The molecule has 0 saturated heterocycles. The normalized spacial score (nSPS) is 15.9. The van der Waals surface area contributed by atoms with Crippen molar-refractivity contribution < 1.29 is 4.79 Å². The van der Waals surface area contributed by atoms with Crippen LogP contribution in [0.15, 0.2) is 29.1 Å². The van der Waals surface area contributed by atoms with E-state index in [1.54, 1.807) is 23.1 Å². The molecule has 3 N–H and O–H groups in total. The molecular formula is C17H23ClN4O2. The second-order valence-electron chi connectivity index (χ2n) is 6.21. The lowest BCUT2D eigenvalue weighted by Crippen LogP contribution is -2.53. The first-order valence-electron chi connectivity index (χ1n) is 8.10. The van der Waals surface area contributed by atoms with Crippen LogP contribution in [0.2, 0.25) is 0 Å². The standard InChI is InChI=1S/C17H22N4O2.ClH/c1-2-21(16(23)17(18)9-5-6-10-17)11-14-19-13-8-4-3-7-12(13)15(22)20-14;/h3-4,7-8H,2,5-6,9-11,18H2,1H3,(H,19,20,22);1H. The van der Waals surface area contributed by atoms with Crippen LogP contribution in [0.5, 0.6) is 0 Å². The number of benzene rings is 1. The first kappa shape index (κ1) is 18.4. The quantitative estimate of drug-likeness (QED) is 0.881. The van der Waals surface area contributed by atoms with E-state index in [0.29, 0.717) is 23.3 Å². The predicted octanol–water partition coefficient (Wildman–Crippen LogP) is 1.96. The Morgan fingerprint density at radius 2 is 2.00 bits per heavy atom. The van der Waals surface area contributed by atoms with E-state index >= 15 is 0 Å². The van der Waals surface area contributed by atoms with Gasteiger partial charge in [-0.05, 0) is 31.9 Å². The smallest absolute Gasteiger partial charge is 0.258 e. The zero-order valence-electron chi connectivity index (χ0n) is 13.7. The number of rotatable bonds is 4. The highest BCUT2D eigenvalue weighted by Crippen LogP contribution is 2.29. The minimum absolute atomic E-state index is 0. The highest BCUT2D eigenvalue weighted by atomic mass is 35.5. The average molecular weight is 351 g/mol. The summed E-state index contributed by atoms with van der Waals surface area (Å²) in [5.74, 6) is 0.443. The highest BCUT2D eigenvalue weighted by molar-refractivity contribution is 5.86. The summed E-state index contributed by atoms with van der Waals surface area (Å²) in [6.07, 6.45) is 3.43. The predicted molar refractivity (Wildman–Crippen MR) is 96.1 cm³/mol. The Balaban J connectivity index is 0.00000208. The number of nitrogens with two attached hydrogens (primary N) is 1. The van der Waals surface area contributed by atoms with Gasteiger partial charge in [0, 0.05) is 6.54 Å². The molecule has 0 atom stereocenters. The third-order valence-electron chi connectivity index (χ3n) is 4.59. The molecule has 0 aliphatic heterocycles. The summed E-state index contributed by atoms with van der Waals surface area (Å²) < 4.78 is 0. The number of fused-ring (bicyclic) bond motifs is 1. The maximum absolute atomic E-state index is 12.7. The number of nitrogens with zero attached hydrogens (tertiary/aromatic N) is 2. The molecule has 1 fully saturated rings. The Hall–Kier alpha value is -1.92. The Bertz CT molecular complexity index is 783. The topological polar surface area (TPSA) is 92.1 Å². The van der Waals surface area contributed by atoms with Gasteiger partial charge >= 0.3 is 0 Å². The molecule has 1 aromatic carbocycles. The van der Waals surface area contributed by atoms with Crippen molar-refractivity contribution in [2.75, 3.05) is 6.54 Å². The molecule has 0 spiro atoms. The molecule has 0 radical (unpaired) electrons. The Morgan fingerprint density at radius 3 is 2.67 bits per heavy atom. The summed E-state index contributed by atoms with van der Waals surface area (Å²) >= 11 is 0. The average Bonchev–Trinajstić information content (AvgIpc) is 3.00. The number of hydrogen-bond acceptors (Lipinski definition) is 4. The van der Waals surface area contributed by atoms with Gasteiger partial charge in [-0.3, -0.25) is 9.59 Å². The van der Waals surface area contributed by atoms with Crippen molar-refractivity contribution in [3.63, 3.8) is 0 Å². The molecular weight excluding hydrogens is 328 g/mol. The number of H-pyrrole nitrogens is 1. The summed E-state index contributed by atoms with van der Waals surface area (Å²) in [6, 6.07) is 7.18. The van der Waals surface area contributed by atoms with Gasteiger partial charge in [-0.25, -0.2) is 4.98 Å². The molecule has 1 saturated carbocycles. The molecule has 2 aromatic rings. The summed E-state index contributed by atoms with van der Waals surface area (Å²) in [4.78, 5) is 33.8. The van der Waals surface area contributed by atoms with Gasteiger partial charge in [0.2, 0.25) is 5.91 Å². The number of para-hydroxylation sites is 1. The fraction of sp³-hybridized carbons (Fsp3) is 0.471. The van der Waals surface area contributed by atoms with E-state index in [2.05, 4.69) is 9.97 Å². The van der Waals surface area contributed by atoms with Gasteiger partial charge in [0.25, 0.3) is 5.56 Å². The maximum atomic E-state index is 12.7. The van der Waals surface area contributed by atoms with Crippen molar-refractivity contribution >= 4 is 29.2 Å². The summed E-state index contributed by atoms with van der Waals surface area (Å²) in [6.45, 7) is 2.72. The molecule has 1 amide bonds. The van der Waals surface area contributed by atoms with E-state index in [9.17, 15) is 9.59 Å². The van der Waals surface area contributed by atoms with Gasteiger partial charge < -0.3 is 15.6 Å². The van der Waals surface area contributed by atoms with Crippen molar-refractivity contribution in [1.82, 2.24) is 14.9 Å². The monoisotopic (exact) mass is 350 g/mol. The number of nitrogens with one attached hydrogen (secondary N) is 1. The van der Waals surface area contributed by atoms with Crippen molar-refractivity contribution in [1.29, 1.82) is 0 Å². The molecule has 0 bridgehead atoms. The lowest BCUT2D eigenvalue weighted by molar-refractivity contribution is -0.137. The number of carbonyl (C=O) groups excluding carboxylic acids is 1. The van der Waals surface area contributed by atoms with Crippen LogP contribution >= 0.6 is 12.4 Å². The number of halogens is 1. The Kier molecular flexibility index (Phi) is 5.62. The van der Waals surface area contributed by atoms with Crippen molar-refractivity contribution in [3.8, 4) is 0 Å². The lowest BCUT2D eigenvalue weighted by Gasteiger charge is -2.30. The Labute approximate surface area is 146 Å². The van der Waals surface area contributed by atoms with E-state index < -0.39 is 5.54 Å². The summed E-state index contributed by atoms with van der Waals surface area (Å²) in [7, 11) is 0. The summed E-state index contributed by atoms with van der Waals surface area (Å²) in [5.41, 5.74) is 5.97. The zero-order chi connectivity index (χ0) is 16.4. The largest absolute Gasteiger partial charge is 0.334 e. The molecule has 1 aliphatic carbocycles. The van der Waals surface area contributed by atoms with Crippen LogP contribution in [0.1, 0.15) is 38.4 Å². The van der Waals surface area contributed by atoms with E-state index in [4.69, 9.17) is 5.73 Å². The fourth-order valence-corrected chi connectivity index (χ4v) is 3.25. The van der Waals surface area contributed by atoms with Crippen molar-refractivity contribution in [2.45, 2.75) is 44.7 Å². The number of hydrogen-bond donors (Lipinski definition) is 2. The third kappa shape index (κ3) is 3.44. The van der Waals surface area contributed by atoms with Gasteiger partial charge in [-0.15, -0.1) is 12.4 Å². The minimum atomic E-state index is -0.757. The molecule has 0 unspecified atom stereocenters. The van der Waals surface area contributed by atoms with Gasteiger partial charge in [-0.2, -0.15) is 0 Å². The summed E-state index contributed by atoms with van der Waals surface area (Å²) in [5, 5.41) is 0.553. The van der Waals surface area contributed by atoms with E-state index in [0.717, 1.165) is 25.7 Å². The van der Waals surface area contributed by atoms with Crippen LogP contribution < -0.4 is 11.3 Å². The van der Waals surface area contributed by atoms with Crippen molar-refractivity contribution in [3.05, 3.63) is 40.4 Å². The highest BCUT2D eigenvalue weighted by Gasteiger charge is 2.39. The lowest BCUT2D eigenvalue weighted by atomic mass is 9.97. The number of likely N-dealkylation sites (N-methyl/N-ethyl adjacent to an activating group) is 1. The number of carbonyl (C=O) groups is 1. The molecule has 6 nitrogen and oxygen atoms in total. The molecule has 1 aromatic heterocycles. The molecule has 1 heterocycles. The van der Waals surface area contributed by atoms with E-state index in [1.165, 1.54) is 0 Å². The van der Waals surface area contributed by atoms with Gasteiger partial charge in [-0.1, -0.05) is 25.0 Å². The van der Waals surface area contributed by atoms with Gasteiger partial charge in [0.05, 0.1) is 23.0 Å². The number of aromatic nitrogens is 2. The SMILES string of the molecule is CCN(Cc1nc2ccccc2c(=O)[nH]1)C(=O)C1(N)CCCC1.Cl. The molecule has 3 rings (SSSR count). The van der Waals surface area contributed by atoms with Crippen LogP contribution in [0.25, 0.3) is 10.9 Å². The first-order chi connectivity index (χ1) is 11.0. The fourth-order valence-electron chi connectivity index (χ4n) is 3.25. The molecule has 1 aliphatic rings. The van der Waals surface area contributed by atoms with Gasteiger partial charge in [0.1, 0.15) is 5.82 Å². The zero-order valence-corrected chi connectivity index (χ0v) is 14.6.